The first-order valence-electron chi connectivity index (χ1n) is 8.81. The molecule has 3 rings (SSSR count). The van der Waals surface area contributed by atoms with Crippen molar-refractivity contribution in [1.29, 1.82) is 0 Å². The van der Waals surface area contributed by atoms with E-state index in [0.717, 1.165) is 5.56 Å². The number of methoxy groups -OCH3 is 1. The second-order valence-electron chi connectivity index (χ2n) is 6.83. The SMILES string of the molecule is COc1ccc(S(=O)(=O)[C@]2(Cc3ccccc3)CCC[C@H]2C(=O)NO)cc1. The van der Waals surface area contributed by atoms with Crippen LogP contribution in [0.4, 0.5) is 0 Å². The van der Waals surface area contributed by atoms with E-state index in [9.17, 15) is 18.4 Å². The van der Waals surface area contributed by atoms with E-state index in [1.165, 1.54) is 19.2 Å². The van der Waals surface area contributed by atoms with E-state index < -0.39 is 26.4 Å². The molecule has 1 fully saturated rings. The molecule has 27 heavy (non-hydrogen) atoms. The van der Waals surface area contributed by atoms with Gasteiger partial charge in [0.2, 0.25) is 5.91 Å². The van der Waals surface area contributed by atoms with Crippen LogP contribution in [0.25, 0.3) is 0 Å². The number of nitrogens with one attached hydrogen (secondary N) is 1. The second-order valence-corrected chi connectivity index (χ2v) is 9.12. The zero-order valence-electron chi connectivity index (χ0n) is 15.1. The number of carbonyl (C=O) groups excluding carboxylic acids is 1. The fraction of sp³-hybridized carbons (Fsp3) is 0.350. The first kappa shape index (κ1) is 19.4. The number of hydrogen-bond donors (Lipinski definition) is 2. The summed E-state index contributed by atoms with van der Waals surface area (Å²) in [6.07, 6.45) is 1.57. The molecule has 144 valence electrons. The van der Waals surface area contributed by atoms with Gasteiger partial charge in [-0.25, -0.2) is 13.9 Å². The van der Waals surface area contributed by atoms with Gasteiger partial charge in [-0.15, -0.1) is 0 Å². The maximum Gasteiger partial charge on any atom is 0.248 e. The van der Waals surface area contributed by atoms with Crippen LogP contribution in [-0.4, -0.2) is 31.4 Å². The van der Waals surface area contributed by atoms with Gasteiger partial charge in [0, 0.05) is 0 Å². The summed E-state index contributed by atoms with van der Waals surface area (Å²) in [5.41, 5.74) is 2.51. The summed E-state index contributed by atoms with van der Waals surface area (Å²) < 4.78 is 31.2. The molecule has 7 heteroatoms. The molecule has 1 saturated carbocycles. The zero-order valence-corrected chi connectivity index (χ0v) is 15.9. The average Bonchev–Trinajstić information content (AvgIpc) is 3.13. The number of ether oxygens (including phenoxy) is 1. The molecule has 0 saturated heterocycles. The third kappa shape index (κ3) is 3.44. The van der Waals surface area contributed by atoms with Crippen LogP contribution in [0.5, 0.6) is 5.75 Å². The molecule has 1 aliphatic carbocycles. The first-order chi connectivity index (χ1) is 12.9. The first-order valence-corrected chi connectivity index (χ1v) is 10.3. The standard InChI is InChI=1S/C20H23NO5S/c1-26-16-9-11-17(12-10-16)27(24,25)20(14-15-6-3-2-4-7-15)13-5-8-18(20)19(22)21-23/h2-4,6-7,9-12,18,23H,5,8,13-14H2,1H3,(H,21,22)/t18-,20-/m0/s1. The molecule has 2 atom stereocenters. The van der Waals surface area contributed by atoms with Gasteiger partial charge in [0.1, 0.15) is 5.75 Å². The molecule has 0 spiro atoms. The maximum absolute atomic E-state index is 13.7. The normalized spacial score (nSPS) is 22.4. The molecule has 0 bridgehead atoms. The fourth-order valence-electron chi connectivity index (χ4n) is 4.05. The van der Waals surface area contributed by atoms with Crippen LogP contribution in [0.3, 0.4) is 0 Å². The summed E-state index contributed by atoms with van der Waals surface area (Å²) in [5, 5.41) is 9.19. The second kappa shape index (κ2) is 7.70. The molecule has 0 unspecified atom stereocenters. The van der Waals surface area contributed by atoms with E-state index in [0.29, 0.717) is 25.0 Å². The van der Waals surface area contributed by atoms with Crippen LogP contribution in [0.2, 0.25) is 0 Å². The van der Waals surface area contributed by atoms with Gasteiger partial charge in [0.25, 0.3) is 0 Å². The van der Waals surface area contributed by atoms with Gasteiger partial charge in [-0.3, -0.25) is 10.0 Å². The van der Waals surface area contributed by atoms with Gasteiger partial charge in [-0.05, 0) is 49.1 Å². The smallest absolute Gasteiger partial charge is 0.248 e. The van der Waals surface area contributed by atoms with E-state index in [2.05, 4.69) is 0 Å². The molecule has 0 aromatic heterocycles. The topological polar surface area (TPSA) is 92.7 Å². The Bertz CT molecular complexity index is 896. The van der Waals surface area contributed by atoms with Crippen molar-refractivity contribution < 1.29 is 23.2 Å². The highest BCUT2D eigenvalue weighted by Gasteiger charge is 2.56. The number of rotatable bonds is 6. The predicted octanol–water partition coefficient (Wildman–Crippen LogP) is 2.76. The minimum absolute atomic E-state index is 0.150. The highest BCUT2D eigenvalue weighted by molar-refractivity contribution is 7.93. The summed E-state index contributed by atoms with van der Waals surface area (Å²) in [6.45, 7) is 0. The Kier molecular flexibility index (Phi) is 5.53. The molecule has 6 nitrogen and oxygen atoms in total. The summed E-state index contributed by atoms with van der Waals surface area (Å²) in [6, 6.07) is 15.5. The maximum atomic E-state index is 13.7. The van der Waals surface area contributed by atoms with Crippen LogP contribution >= 0.6 is 0 Å². The molecule has 0 heterocycles. The van der Waals surface area contributed by atoms with Crippen molar-refractivity contribution in [2.24, 2.45) is 5.92 Å². The molecule has 2 N–H and O–H groups in total. The molecule has 2 aromatic carbocycles. The number of sulfone groups is 1. The molecule has 2 aromatic rings. The van der Waals surface area contributed by atoms with Gasteiger partial charge in [-0.1, -0.05) is 36.8 Å². The van der Waals surface area contributed by atoms with E-state index in [1.54, 1.807) is 17.6 Å². The minimum atomic E-state index is -3.86. The molecular weight excluding hydrogens is 366 g/mol. The van der Waals surface area contributed by atoms with E-state index in [1.807, 2.05) is 30.3 Å². The lowest BCUT2D eigenvalue weighted by molar-refractivity contribution is -0.134. The number of benzene rings is 2. The van der Waals surface area contributed by atoms with E-state index in [-0.39, 0.29) is 11.3 Å². The van der Waals surface area contributed by atoms with Crippen molar-refractivity contribution in [3.8, 4) is 5.75 Å². The number of carbonyl (C=O) groups is 1. The van der Waals surface area contributed by atoms with Gasteiger partial charge in [0.15, 0.2) is 9.84 Å². The Morgan fingerprint density at radius 2 is 1.85 bits per heavy atom. The van der Waals surface area contributed by atoms with Crippen molar-refractivity contribution in [2.75, 3.05) is 7.11 Å². The molecule has 1 aliphatic rings. The van der Waals surface area contributed by atoms with Crippen molar-refractivity contribution in [1.82, 2.24) is 5.48 Å². The van der Waals surface area contributed by atoms with Gasteiger partial charge >= 0.3 is 0 Å². The largest absolute Gasteiger partial charge is 0.497 e. The highest BCUT2D eigenvalue weighted by atomic mass is 32.2. The van der Waals surface area contributed by atoms with Gasteiger partial charge in [0.05, 0.1) is 22.7 Å². The lowest BCUT2D eigenvalue weighted by Gasteiger charge is -2.34. The van der Waals surface area contributed by atoms with Crippen LogP contribution in [0.1, 0.15) is 24.8 Å². The van der Waals surface area contributed by atoms with Crippen LogP contribution in [-0.2, 0) is 21.1 Å². The average molecular weight is 389 g/mol. The number of hydroxylamine groups is 1. The third-order valence-corrected chi connectivity index (χ3v) is 8.00. The summed E-state index contributed by atoms with van der Waals surface area (Å²) in [5.74, 6) is -0.919. The molecule has 1 amide bonds. The third-order valence-electron chi connectivity index (χ3n) is 5.41. The minimum Gasteiger partial charge on any atom is -0.497 e. The van der Waals surface area contributed by atoms with Crippen molar-refractivity contribution >= 4 is 15.7 Å². The summed E-state index contributed by atoms with van der Waals surface area (Å²) >= 11 is 0. The van der Waals surface area contributed by atoms with Gasteiger partial charge < -0.3 is 4.74 Å². The van der Waals surface area contributed by atoms with Crippen LogP contribution in [0, 0.1) is 5.92 Å². The Morgan fingerprint density at radius 1 is 1.19 bits per heavy atom. The highest BCUT2D eigenvalue weighted by Crippen LogP contribution is 2.47. The lowest BCUT2D eigenvalue weighted by atomic mass is 9.88. The van der Waals surface area contributed by atoms with Crippen molar-refractivity contribution in [3.05, 3.63) is 60.2 Å². The quantitative estimate of drug-likeness (QED) is 0.585. The Morgan fingerprint density at radius 3 is 2.44 bits per heavy atom. The van der Waals surface area contributed by atoms with Crippen LogP contribution in [0.15, 0.2) is 59.5 Å². The Hall–Kier alpha value is -2.38. The summed E-state index contributed by atoms with van der Waals surface area (Å²) in [4.78, 5) is 12.5. The Labute approximate surface area is 159 Å². The number of hydrogen-bond acceptors (Lipinski definition) is 5. The van der Waals surface area contributed by atoms with E-state index in [4.69, 9.17) is 4.74 Å². The molecular formula is C20H23NO5S. The lowest BCUT2D eigenvalue weighted by Crippen LogP contribution is -2.50. The van der Waals surface area contributed by atoms with E-state index >= 15 is 0 Å². The molecule has 0 radical (unpaired) electrons. The van der Waals surface area contributed by atoms with Crippen molar-refractivity contribution in [3.63, 3.8) is 0 Å². The Balaban J connectivity index is 2.12. The summed E-state index contributed by atoms with van der Waals surface area (Å²) in [7, 11) is -2.34. The number of amides is 1. The molecule has 0 aliphatic heterocycles. The van der Waals surface area contributed by atoms with Crippen molar-refractivity contribution in [2.45, 2.75) is 35.3 Å². The predicted molar refractivity (Wildman–Crippen MR) is 100 cm³/mol. The fourth-order valence-corrected chi connectivity index (χ4v) is 6.38. The van der Waals surface area contributed by atoms with Crippen LogP contribution < -0.4 is 10.2 Å². The monoisotopic (exact) mass is 389 g/mol. The van der Waals surface area contributed by atoms with Gasteiger partial charge in [-0.2, -0.15) is 0 Å². The zero-order chi connectivity index (χ0) is 19.5.